The van der Waals surface area contributed by atoms with Crippen LogP contribution in [0.15, 0.2) is 18.3 Å². The number of amides is 1. The minimum absolute atomic E-state index is 0.0996. The van der Waals surface area contributed by atoms with Gasteiger partial charge in [0.2, 0.25) is 0 Å². The zero-order valence-electron chi connectivity index (χ0n) is 10.4. The van der Waals surface area contributed by atoms with Crippen LogP contribution in [0.3, 0.4) is 0 Å². The van der Waals surface area contributed by atoms with E-state index in [2.05, 4.69) is 4.98 Å². The second-order valence-electron chi connectivity index (χ2n) is 3.49. The van der Waals surface area contributed by atoms with E-state index in [1.54, 1.807) is 13.8 Å². The van der Waals surface area contributed by atoms with Gasteiger partial charge in [-0.3, -0.25) is 9.59 Å². The molecule has 0 N–H and O–H groups in total. The van der Waals surface area contributed by atoms with Crippen LogP contribution in [0, 0.1) is 5.82 Å². The summed E-state index contributed by atoms with van der Waals surface area (Å²) in [5.74, 6) is -1.42. The second-order valence-corrected chi connectivity index (χ2v) is 3.49. The van der Waals surface area contributed by atoms with Gasteiger partial charge in [0.25, 0.3) is 5.91 Å². The molecule has 0 radical (unpaired) electrons. The van der Waals surface area contributed by atoms with Crippen molar-refractivity contribution in [3.63, 3.8) is 0 Å². The fourth-order valence-electron chi connectivity index (χ4n) is 1.35. The smallest absolute Gasteiger partial charge is 0.325 e. The van der Waals surface area contributed by atoms with Gasteiger partial charge in [-0.25, -0.2) is 9.37 Å². The van der Waals surface area contributed by atoms with Crippen LogP contribution in [0.25, 0.3) is 0 Å². The van der Waals surface area contributed by atoms with Crippen molar-refractivity contribution >= 4 is 11.9 Å². The van der Waals surface area contributed by atoms with Gasteiger partial charge in [0, 0.05) is 6.54 Å². The maximum Gasteiger partial charge on any atom is 0.325 e. The Hall–Kier alpha value is -1.98. The molecule has 0 aliphatic carbocycles. The number of likely N-dealkylation sites (N-methyl/N-ethyl adjacent to an activating group) is 1. The van der Waals surface area contributed by atoms with Crippen LogP contribution in [-0.4, -0.2) is 41.5 Å². The number of carbonyl (C=O) groups excluding carboxylic acids is 2. The number of esters is 1. The standard InChI is InChI=1S/C12H15FN2O3/c1-3-15(8-11(16)18-4-2)12(17)10-6-5-9(13)7-14-10/h5-7H,3-4,8H2,1-2H3. The molecule has 0 aromatic carbocycles. The summed E-state index contributed by atoms with van der Waals surface area (Å²) < 4.78 is 17.4. The summed E-state index contributed by atoms with van der Waals surface area (Å²) in [7, 11) is 0. The highest BCUT2D eigenvalue weighted by Gasteiger charge is 2.18. The van der Waals surface area contributed by atoms with E-state index >= 15 is 0 Å². The molecular weight excluding hydrogens is 239 g/mol. The van der Waals surface area contributed by atoms with Crippen molar-refractivity contribution in [3.05, 3.63) is 29.8 Å². The van der Waals surface area contributed by atoms with Crippen molar-refractivity contribution in [1.29, 1.82) is 0 Å². The van der Waals surface area contributed by atoms with Gasteiger partial charge in [-0.1, -0.05) is 0 Å². The van der Waals surface area contributed by atoms with E-state index in [4.69, 9.17) is 4.74 Å². The van der Waals surface area contributed by atoms with E-state index in [1.165, 1.54) is 11.0 Å². The van der Waals surface area contributed by atoms with Crippen LogP contribution in [-0.2, 0) is 9.53 Å². The van der Waals surface area contributed by atoms with Crippen molar-refractivity contribution in [2.24, 2.45) is 0 Å². The van der Waals surface area contributed by atoms with E-state index in [0.29, 0.717) is 6.54 Å². The van der Waals surface area contributed by atoms with Gasteiger partial charge in [-0.05, 0) is 26.0 Å². The van der Waals surface area contributed by atoms with Crippen LogP contribution in [0.1, 0.15) is 24.3 Å². The summed E-state index contributed by atoms with van der Waals surface area (Å²) in [4.78, 5) is 28.2. The molecule has 0 unspecified atom stereocenters. The number of rotatable bonds is 5. The Labute approximate surface area is 105 Å². The lowest BCUT2D eigenvalue weighted by molar-refractivity contribution is -0.143. The first-order chi connectivity index (χ1) is 8.58. The van der Waals surface area contributed by atoms with Crippen LogP contribution in [0.2, 0.25) is 0 Å². The fourth-order valence-corrected chi connectivity index (χ4v) is 1.35. The molecule has 6 heteroatoms. The molecule has 0 fully saturated rings. The van der Waals surface area contributed by atoms with E-state index in [1.807, 2.05) is 0 Å². The molecule has 18 heavy (non-hydrogen) atoms. The number of pyridine rings is 1. The fraction of sp³-hybridized carbons (Fsp3) is 0.417. The van der Waals surface area contributed by atoms with Crippen LogP contribution >= 0.6 is 0 Å². The van der Waals surface area contributed by atoms with Crippen molar-refractivity contribution < 1.29 is 18.7 Å². The lowest BCUT2D eigenvalue weighted by Gasteiger charge is -2.19. The molecule has 0 aliphatic rings. The zero-order chi connectivity index (χ0) is 13.5. The van der Waals surface area contributed by atoms with Crippen molar-refractivity contribution in [3.8, 4) is 0 Å². The molecule has 1 amide bonds. The molecule has 0 saturated carbocycles. The molecule has 1 aromatic rings. The Bertz CT molecular complexity index is 420. The molecule has 1 rings (SSSR count). The van der Waals surface area contributed by atoms with Crippen LogP contribution in [0.5, 0.6) is 0 Å². The molecule has 5 nitrogen and oxygen atoms in total. The third-order valence-electron chi connectivity index (χ3n) is 2.24. The molecule has 0 spiro atoms. The first-order valence-electron chi connectivity index (χ1n) is 5.65. The Kier molecular flexibility index (Phi) is 5.23. The maximum absolute atomic E-state index is 12.7. The number of hydrogen-bond acceptors (Lipinski definition) is 4. The number of halogens is 1. The minimum atomic E-state index is -0.514. The summed E-state index contributed by atoms with van der Waals surface area (Å²) in [6.45, 7) is 3.90. The average molecular weight is 254 g/mol. The number of aromatic nitrogens is 1. The van der Waals surface area contributed by atoms with Gasteiger partial charge in [0.1, 0.15) is 18.1 Å². The number of hydrogen-bond donors (Lipinski definition) is 0. The number of carbonyl (C=O) groups is 2. The third kappa shape index (κ3) is 3.80. The molecule has 0 saturated heterocycles. The average Bonchev–Trinajstić information content (AvgIpc) is 2.36. The summed E-state index contributed by atoms with van der Waals surface area (Å²) >= 11 is 0. The van der Waals surface area contributed by atoms with Gasteiger partial charge in [-0.2, -0.15) is 0 Å². The Morgan fingerprint density at radius 2 is 2.11 bits per heavy atom. The minimum Gasteiger partial charge on any atom is -0.465 e. The normalized spacial score (nSPS) is 9.94. The van der Waals surface area contributed by atoms with Crippen molar-refractivity contribution in [2.45, 2.75) is 13.8 Å². The summed E-state index contributed by atoms with van der Waals surface area (Å²) in [5, 5.41) is 0. The summed E-state index contributed by atoms with van der Waals surface area (Å²) in [6, 6.07) is 2.43. The lowest BCUT2D eigenvalue weighted by atomic mass is 10.3. The van der Waals surface area contributed by atoms with E-state index in [9.17, 15) is 14.0 Å². The van der Waals surface area contributed by atoms with Gasteiger partial charge < -0.3 is 9.64 Å². The predicted molar refractivity (Wildman–Crippen MR) is 62.4 cm³/mol. The Morgan fingerprint density at radius 3 is 2.61 bits per heavy atom. The largest absolute Gasteiger partial charge is 0.465 e. The molecule has 1 heterocycles. The molecule has 0 atom stereocenters. The molecule has 98 valence electrons. The van der Waals surface area contributed by atoms with Crippen LogP contribution < -0.4 is 0 Å². The highest BCUT2D eigenvalue weighted by Crippen LogP contribution is 2.03. The highest BCUT2D eigenvalue weighted by molar-refractivity contribution is 5.94. The summed E-state index contributed by atoms with van der Waals surface area (Å²) in [5.41, 5.74) is 0.0996. The van der Waals surface area contributed by atoms with E-state index < -0.39 is 17.7 Å². The number of nitrogens with zero attached hydrogens (tertiary/aromatic N) is 2. The van der Waals surface area contributed by atoms with E-state index in [-0.39, 0.29) is 18.8 Å². The first kappa shape index (κ1) is 14.1. The third-order valence-corrected chi connectivity index (χ3v) is 2.24. The maximum atomic E-state index is 12.7. The topological polar surface area (TPSA) is 59.5 Å². The van der Waals surface area contributed by atoms with Crippen LogP contribution in [0.4, 0.5) is 4.39 Å². The Balaban J connectivity index is 2.73. The first-order valence-corrected chi connectivity index (χ1v) is 5.65. The van der Waals surface area contributed by atoms with Gasteiger partial charge in [0.05, 0.1) is 12.8 Å². The molecule has 0 bridgehead atoms. The Morgan fingerprint density at radius 1 is 1.39 bits per heavy atom. The highest BCUT2D eigenvalue weighted by atomic mass is 19.1. The zero-order valence-corrected chi connectivity index (χ0v) is 10.4. The van der Waals surface area contributed by atoms with Crippen molar-refractivity contribution in [1.82, 2.24) is 9.88 Å². The summed E-state index contributed by atoms with van der Waals surface area (Å²) in [6.07, 6.45) is 0.964. The number of ether oxygens (including phenoxy) is 1. The molecular formula is C12H15FN2O3. The van der Waals surface area contributed by atoms with Gasteiger partial charge in [-0.15, -0.1) is 0 Å². The van der Waals surface area contributed by atoms with Crippen molar-refractivity contribution in [2.75, 3.05) is 19.7 Å². The molecule has 1 aromatic heterocycles. The quantitative estimate of drug-likeness (QED) is 0.742. The van der Waals surface area contributed by atoms with Gasteiger partial charge >= 0.3 is 5.97 Å². The van der Waals surface area contributed by atoms with Gasteiger partial charge in [0.15, 0.2) is 0 Å². The predicted octanol–water partition coefficient (Wildman–Crippen LogP) is 1.25. The van der Waals surface area contributed by atoms with E-state index in [0.717, 1.165) is 12.3 Å². The second kappa shape index (κ2) is 6.68. The monoisotopic (exact) mass is 254 g/mol. The SMILES string of the molecule is CCOC(=O)CN(CC)C(=O)c1ccc(F)cn1. The molecule has 0 aliphatic heterocycles. The lowest BCUT2D eigenvalue weighted by Crippen LogP contribution is -2.36.